The van der Waals surface area contributed by atoms with Gasteiger partial charge >= 0.3 is 0 Å². The molecule has 6 nitrogen and oxygen atoms in total. The number of rotatable bonds is 7. The maximum absolute atomic E-state index is 12.5. The van der Waals surface area contributed by atoms with Crippen molar-refractivity contribution >= 4 is 29.1 Å². The number of carbonyl (C=O) groups excluding carboxylic acids is 2. The predicted octanol–water partition coefficient (Wildman–Crippen LogP) is 4.32. The summed E-state index contributed by atoms with van der Waals surface area (Å²) in [5, 5.41) is 11.5. The molecule has 0 radical (unpaired) electrons. The third-order valence-corrected chi connectivity index (χ3v) is 5.14. The van der Waals surface area contributed by atoms with E-state index in [0.29, 0.717) is 22.3 Å². The molecule has 1 amide bonds. The molecule has 144 valence electrons. The van der Waals surface area contributed by atoms with E-state index in [2.05, 4.69) is 29.4 Å². The van der Waals surface area contributed by atoms with Crippen molar-refractivity contribution in [2.45, 2.75) is 31.8 Å². The fraction of sp³-hybridized carbons (Fsp3) is 0.238. The summed E-state index contributed by atoms with van der Waals surface area (Å²) in [6, 6.07) is 15.1. The SMILES string of the molecule is CC(=O)Nc1cccc(-n2cnnc2SCC(=O)c2ccc(C(C)C)cc2)c1. The summed E-state index contributed by atoms with van der Waals surface area (Å²) < 4.78 is 1.80. The Balaban J connectivity index is 1.70. The third kappa shape index (κ3) is 4.86. The van der Waals surface area contributed by atoms with E-state index in [-0.39, 0.29) is 17.4 Å². The zero-order chi connectivity index (χ0) is 20.1. The van der Waals surface area contributed by atoms with Gasteiger partial charge in [0, 0.05) is 18.2 Å². The number of ketones is 1. The number of benzene rings is 2. The van der Waals surface area contributed by atoms with E-state index in [4.69, 9.17) is 0 Å². The van der Waals surface area contributed by atoms with Crippen LogP contribution in [0.25, 0.3) is 5.69 Å². The number of Topliss-reactive ketones (excluding diaryl/α,β-unsaturated/α-hetero) is 1. The lowest BCUT2D eigenvalue weighted by Gasteiger charge is -2.09. The first-order valence-electron chi connectivity index (χ1n) is 8.98. The molecule has 0 aliphatic heterocycles. The second-order valence-corrected chi connectivity index (χ2v) is 7.65. The lowest BCUT2D eigenvalue weighted by molar-refractivity contribution is -0.114. The van der Waals surface area contributed by atoms with Crippen LogP contribution in [0.1, 0.15) is 42.6 Å². The van der Waals surface area contributed by atoms with Crippen LogP contribution in [0.2, 0.25) is 0 Å². The van der Waals surface area contributed by atoms with Gasteiger partial charge < -0.3 is 5.32 Å². The van der Waals surface area contributed by atoms with Gasteiger partial charge in [0.05, 0.1) is 11.4 Å². The first-order chi connectivity index (χ1) is 13.4. The van der Waals surface area contributed by atoms with Gasteiger partial charge in [0.1, 0.15) is 6.33 Å². The van der Waals surface area contributed by atoms with Crippen LogP contribution in [0, 0.1) is 0 Å². The number of nitrogens with one attached hydrogen (secondary N) is 1. The maximum Gasteiger partial charge on any atom is 0.221 e. The maximum atomic E-state index is 12.5. The van der Waals surface area contributed by atoms with E-state index in [1.54, 1.807) is 10.9 Å². The zero-order valence-corrected chi connectivity index (χ0v) is 16.9. The standard InChI is InChI=1S/C21H22N4O2S/c1-14(2)16-7-9-17(10-8-16)20(27)12-28-21-24-22-13-25(21)19-6-4-5-18(11-19)23-15(3)26/h4-11,13-14H,12H2,1-3H3,(H,23,26). The number of anilines is 1. The van der Waals surface area contributed by atoms with E-state index in [0.717, 1.165) is 5.69 Å². The minimum absolute atomic E-state index is 0.0434. The summed E-state index contributed by atoms with van der Waals surface area (Å²) in [5.74, 6) is 0.613. The molecule has 0 aliphatic rings. The number of thioether (sulfide) groups is 1. The third-order valence-electron chi connectivity index (χ3n) is 4.19. The quantitative estimate of drug-likeness (QED) is 0.477. The largest absolute Gasteiger partial charge is 0.326 e. The van der Waals surface area contributed by atoms with Crippen LogP contribution in [0.3, 0.4) is 0 Å². The van der Waals surface area contributed by atoms with Gasteiger partial charge in [-0.3, -0.25) is 14.2 Å². The smallest absolute Gasteiger partial charge is 0.221 e. The number of nitrogens with zero attached hydrogens (tertiary/aromatic N) is 3. The van der Waals surface area contributed by atoms with E-state index >= 15 is 0 Å². The lowest BCUT2D eigenvalue weighted by Crippen LogP contribution is -2.07. The molecule has 3 rings (SSSR count). The Morgan fingerprint density at radius 2 is 1.89 bits per heavy atom. The van der Waals surface area contributed by atoms with Crippen molar-refractivity contribution in [3.63, 3.8) is 0 Å². The first kappa shape index (κ1) is 19.8. The Morgan fingerprint density at radius 3 is 2.57 bits per heavy atom. The van der Waals surface area contributed by atoms with Gasteiger partial charge in [-0.15, -0.1) is 10.2 Å². The molecule has 0 fully saturated rings. The average Bonchev–Trinajstić information content (AvgIpc) is 3.14. The topological polar surface area (TPSA) is 76.9 Å². The second kappa shape index (κ2) is 8.84. The van der Waals surface area contributed by atoms with Crippen LogP contribution in [0.15, 0.2) is 60.0 Å². The van der Waals surface area contributed by atoms with Gasteiger partial charge in [0.15, 0.2) is 10.9 Å². The van der Waals surface area contributed by atoms with Gasteiger partial charge in [-0.05, 0) is 29.7 Å². The van der Waals surface area contributed by atoms with E-state index < -0.39 is 0 Å². The zero-order valence-electron chi connectivity index (χ0n) is 16.0. The van der Waals surface area contributed by atoms with Crippen LogP contribution in [0.5, 0.6) is 0 Å². The molecule has 1 aromatic heterocycles. The molecule has 0 spiro atoms. The summed E-state index contributed by atoms with van der Waals surface area (Å²) in [7, 11) is 0. The van der Waals surface area contributed by atoms with Gasteiger partial charge in [-0.1, -0.05) is 55.9 Å². The summed E-state index contributed by atoms with van der Waals surface area (Å²) in [4.78, 5) is 23.8. The van der Waals surface area contributed by atoms with E-state index in [9.17, 15) is 9.59 Å². The highest BCUT2D eigenvalue weighted by Gasteiger charge is 2.12. The molecule has 3 aromatic rings. The van der Waals surface area contributed by atoms with Crippen molar-refractivity contribution in [1.82, 2.24) is 14.8 Å². The van der Waals surface area contributed by atoms with E-state index in [1.807, 2.05) is 48.5 Å². The molecule has 28 heavy (non-hydrogen) atoms. The van der Waals surface area contributed by atoms with Crippen LogP contribution in [-0.2, 0) is 4.79 Å². The minimum atomic E-state index is -0.135. The number of hydrogen-bond donors (Lipinski definition) is 1. The molecule has 1 heterocycles. The monoisotopic (exact) mass is 394 g/mol. The summed E-state index contributed by atoms with van der Waals surface area (Å²) in [6.07, 6.45) is 1.59. The molecular formula is C21H22N4O2S. The van der Waals surface area contributed by atoms with Gasteiger partial charge in [0.2, 0.25) is 5.91 Å². The fourth-order valence-electron chi connectivity index (χ4n) is 2.70. The van der Waals surface area contributed by atoms with E-state index in [1.165, 1.54) is 24.2 Å². The summed E-state index contributed by atoms with van der Waals surface area (Å²) in [6.45, 7) is 5.72. The normalized spacial score (nSPS) is 10.9. The van der Waals surface area contributed by atoms with Crippen molar-refractivity contribution in [3.8, 4) is 5.69 Å². The van der Waals surface area contributed by atoms with Crippen LogP contribution in [-0.4, -0.2) is 32.2 Å². The van der Waals surface area contributed by atoms with Crippen molar-refractivity contribution < 1.29 is 9.59 Å². The first-order valence-corrected chi connectivity index (χ1v) is 9.96. The number of amides is 1. The molecule has 2 aromatic carbocycles. The van der Waals surface area contributed by atoms with Gasteiger partial charge in [0.25, 0.3) is 0 Å². The molecule has 7 heteroatoms. The van der Waals surface area contributed by atoms with Crippen molar-refractivity contribution in [2.75, 3.05) is 11.1 Å². The van der Waals surface area contributed by atoms with Gasteiger partial charge in [-0.25, -0.2) is 0 Å². The number of hydrogen-bond acceptors (Lipinski definition) is 5. The Labute approximate surface area is 168 Å². The van der Waals surface area contributed by atoms with Crippen LogP contribution >= 0.6 is 11.8 Å². The fourth-order valence-corrected chi connectivity index (χ4v) is 3.53. The molecule has 0 bridgehead atoms. The van der Waals surface area contributed by atoms with Crippen LogP contribution in [0.4, 0.5) is 5.69 Å². The van der Waals surface area contributed by atoms with Crippen molar-refractivity contribution in [3.05, 3.63) is 66.0 Å². The Kier molecular flexibility index (Phi) is 6.26. The Morgan fingerprint density at radius 1 is 1.14 bits per heavy atom. The summed E-state index contributed by atoms with van der Waals surface area (Å²) >= 11 is 1.33. The number of aromatic nitrogens is 3. The molecule has 0 unspecified atom stereocenters. The molecule has 0 saturated heterocycles. The lowest BCUT2D eigenvalue weighted by atomic mass is 10.0. The summed E-state index contributed by atoms with van der Waals surface area (Å²) in [5.41, 5.74) is 3.40. The molecular weight excluding hydrogens is 372 g/mol. The second-order valence-electron chi connectivity index (χ2n) is 6.70. The highest BCUT2D eigenvalue weighted by atomic mass is 32.2. The van der Waals surface area contributed by atoms with Crippen LogP contribution < -0.4 is 5.32 Å². The predicted molar refractivity (Wildman–Crippen MR) is 111 cm³/mol. The van der Waals surface area contributed by atoms with Gasteiger partial charge in [-0.2, -0.15) is 0 Å². The average molecular weight is 395 g/mol. The molecule has 0 saturated carbocycles. The Hall–Kier alpha value is -2.93. The number of carbonyl (C=O) groups is 2. The molecule has 0 atom stereocenters. The minimum Gasteiger partial charge on any atom is -0.326 e. The molecule has 1 N–H and O–H groups in total. The van der Waals surface area contributed by atoms with Crippen molar-refractivity contribution in [1.29, 1.82) is 0 Å². The highest BCUT2D eigenvalue weighted by Crippen LogP contribution is 2.23. The Bertz CT molecular complexity index is 980. The molecule has 0 aliphatic carbocycles. The van der Waals surface area contributed by atoms with Crippen molar-refractivity contribution in [2.24, 2.45) is 0 Å². The highest BCUT2D eigenvalue weighted by molar-refractivity contribution is 7.99.